The van der Waals surface area contributed by atoms with Crippen LogP contribution in [-0.4, -0.2) is 62.4 Å². The van der Waals surface area contributed by atoms with Crippen LogP contribution in [0.3, 0.4) is 0 Å². The molecule has 0 N–H and O–H groups in total. The first-order chi connectivity index (χ1) is 7.04. The standard InChI is InChI=1S/C9H20N2O2S2/c1-15(12,13)11-7-5-10(6-8-11)4-2-3-9-14/h14H,2-9H2,1H3. The smallest absolute Gasteiger partial charge is 0.211 e. The Bertz CT molecular complexity index is 272. The lowest BCUT2D eigenvalue weighted by Gasteiger charge is -2.33. The van der Waals surface area contributed by atoms with Crippen molar-refractivity contribution >= 4 is 22.7 Å². The molecule has 1 fully saturated rings. The second-order valence-corrected chi connectivity index (χ2v) is 6.36. The highest BCUT2D eigenvalue weighted by atomic mass is 32.2. The fourth-order valence-corrected chi connectivity index (χ4v) is 2.78. The number of rotatable bonds is 5. The fraction of sp³-hybridized carbons (Fsp3) is 1.00. The molecule has 1 saturated heterocycles. The van der Waals surface area contributed by atoms with Crippen molar-refractivity contribution in [2.75, 3.05) is 44.7 Å². The molecule has 4 nitrogen and oxygen atoms in total. The molecule has 1 aliphatic rings. The van der Waals surface area contributed by atoms with Gasteiger partial charge in [-0.25, -0.2) is 8.42 Å². The SMILES string of the molecule is CS(=O)(=O)N1CCN(CCCCS)CC1. The van der Waals surface area contributed by atoms with Crippen LogP contribution in [0.4, 0.5) is 0 Å². The number of unbranched alkanes of at least 4 members (excludes halogenated alkanes) is 1. The molecular formula is C9H20N2O2S2. The summed E-state index contributed by atoms with van der Waals surface area (Å²) in [5, 5.41) is 0. The predicted molar refractivity (Wildman–Crippen MR) is 65.9 cm³/mol. The van der Waals surface area contributed by atoms with E-state index in [1.165, 1.54) is 6.26 Å². The van der Waals surface area contributed by atoms with E-state index in [1.54, 1.807) is 4.31 Å². The molecule has 0 radical (unpaired) electrons. The minimum absolute atomic E-state index is 0.639. The van der Waals surface area contributed by atoms with Gasteiger partial charge < -0.3 is 4.90 Å². The van der Waals surface area contributed by atoms with E-state index in [-0.39, 0.29) is 0 Å². The zero-order valence-corrected chi connectivity index (χ0v) is 10.9. The Hall–Kier alpha value is 0.220. The minimum atomic E-state index is -2.98. The summed E-state index contributed by atoms with van der Waals surface area (Å²) < 4.78 is 24.1. The Kier molecular flexibility index (Phi) is 5.38. The third-order valence-electron chi connectivity index (χ3n) is 2.68. The highest BCUT2D eigenvalue weighted by molar-refractivity contribution is 7.88. The molecule has 0 spiro atoms. The van der Waals surface area contributed by atoms with Gasteiger partial charge in [-0.2, -0.15) is 16.9 Å². The first-order valence-electron chi connectivity index (χ1n) is 5.32. The second kappa shape index (κ2) is 6.08. The summed E-state index contributed by atoms with van der Waals surface area (Å²) in [6, 6.07) is 0. The van der Waals surface area contributed by atoms with Gasteiger partial charge in [-0.05, 0) is 25.1 Å². The van der Waals surface area contributed by atoms with Gasteiger partial charge in [0.05, 0.1) is 6.26 Å². The van der Waals surface area contributed by atoms with Gasteiger partial charge in [0.25, 0.3) is 0 Å². The van der Waals surface area contributed by atoms with Crippen LogP contribution in [0.2, 0.25) is 0 Å². The third kappa shape index (κ3) is 4.72. The van der Waals surface area contributed by atoms with Gasteiger partial charge in [0, 0.05) is 26.2 Å². The summed E-state index contributed by atoms with van der Waals surface area (Å²) in [6.07, 6.45) is 3.57. The van der Waals surface area contributed by atoms with Crippen LogP contribution in [0.5, 0.6) is 0 Å². The van der Waals surface area contributed by atoms with Crippen molar-refractivity contribution in [2.24, 2.45) is 0 Å². The summed E-state index contributed by atoms with van der Waals surface area (Å²) in [7, 11) is -2.98. The van der Waals surface area contributed by atoms with E-state index in [4.69, 9.17) is 0 Å². The molecule has 6 heteroatoms. The van der Waals surface area contributed by atoms with Crippen LogP contribution in [-0.2, 0) is 10.0 Å². The molecule has 0 atom stereocenters. The molecule has 0 amide bonds. The molecule has 0 aliphatic carbocycles. The average Bonchev–Trinajstić information content (AvgIpc) is 2.18. The molecule has 0 aromatic rings. The molecule has 0 aromatic heterocycles. The second-order valence-electron chi connectivity index (χ2n) is 3.93. The zero-order chi connectivity index (χ0) is 11.3. The Morgan fingerprint density at radius 3 is 2.20 bits per heavy atom. The monoisotopic (exact) mass is 252 g/mol. The van der Waals surface area contributed by atoms with Gasteiger partial charge in [0.2, 0.25) is 10.0 Å². The largest absolute Gasteiger partial charge is 0.301 e. The molecule has 1 heterocycles. The molecule has 0 bridgehead atoms. The lowest BCUT2D eigenvalue weighted by atomic mass is 10.3. The number of nitrogens with zero attached hydrogens (tertiary/aromatic N) is 2. The highest BCUT2D eigenvalue weighted by Crippen LogP contribution is 2.07. The average molecular weight is 252 g/mol. The first kappa shape index (κ1) is 13.3. The van der Waals surface area contributed by atoms with Crippen molar-refractivity contribution < 1.29 is 8.42 Å². The van der Waals surface area contributed by atoms with Gasteiger partial charge in [-0.1, -0.05) is 0 Å². The molecule has 1 aliphatic heterocycles. The van der Waals surface area contributed by atoms with Crippen molar-refractivity contribution in [1.82, 2.24) is 9.21 Å². The molecule has 15 heavy (non-hydrogen) atoms. The maximum atomic E-state index is 11.3. The van der Waals surface area contributed by atoms with E-state index in [1.807, 2.05) is 0 Å². The number of thiol groups is 1. The van der Waals surface area contributed by atoms with Gasteiger partial charge in [0.15, 0.2) is 0 Å². The van der Waals surface area contributed by atoms with Crippen LogP contribution in [0, 0.1) is 0 Å². The summed E-state index contributed by atoms with van der Waals surface area (Å²) in [4.78, 5) is 2.32. The van der Waals surface area contributed by atoms with Crippen molar-refractivity contribution in [3.8, 4) is 0 Å². The predicted octanol–water partition coefficient (Wildman–Crippen LogP) is 0.274. The molecule has 0 saturated carbocycles. The van der Waals surface area contributed by atoms with Gasteiger partial charge in [-0.15, -0.1) is 0 Å². The number of sulfonamides is 1. The molecule has 0 aromatic carbocycles. The van der Waals surface area contributed by atoms with Crippen molar-refractivity contribution in [3.05, 3.63) is 0 Å². The highest BCUT2D eigenvalue weighted by Gasteiger charge is 2.22. The first-order valence-corrected chi connectivity index (χ1v) is 7.80. The topological polar surface area (TPSA) is 40.6 Å². The van der Waals surface area contributed by atoms with Gasteiger partial charge in [0.1, 0.15) is 0 Å². The van der Waals surface area contributed by atoms with Crippen molar-refractivity contribution in [3.63, 3.8) is 0 Å². The van der Waals surface area contributed by atoms with Crippen LogP contribution in [0.15, 0.2) is 0 Å². The molecule has 0 unspecified atom stereocenters. The Morgan fingerprint density at radius 1 is 1.13 bits per heavy atom. The molecule has 1 rings (SSSR count). The summed E-state index contributed by atoms with van der Waals surface area (Å²) in [5.41, 5.74) is 0. The summed E-state index contributed by atoms with van der Waals surface area (Å²) in [6.45, 7) is 4.07. The summed E-state index contributed by atoms with van der Waals surface area (Å²) >= 11 is 4.16. The number of hydrogen-bond donors (Lipinski definition) is 1. The Labute approximate surface area is 98.1 Å². The van der Waals surface area contributed by atoms with E-state index in [0.29, 0.717) is 13.1 Å². The normalized spacial score (nSPS) is 20.7. The number of piperazine rings is 1. The van der Waals surface area contributed by atoms with E-state index in [0.717, 1.165) is 38.2 Å². The zero-order valence-electron chi connectivity index (χ0n) is 9.22. The maximum Gasteiger partial charge on any atom is 0.211 e. The number of hydrogen-bond acceptors (Lipinski definition) is 4. The quantitative estimate of drug-likeness (QED) is 0.564. The van der Waals surface area contributed by atoms with E-state index < -0.39 is 10.0 Å². The van der Waals surface area contributed by atoms with Gasteiger partial charge in [-0.3, -0.25) is 0 Å². The van der Waals surface area contributed by atoms with E-state index in [2.05, 4.69) is 17.5 Å². The van der Waals surface area contributed by atoms with Crippen LogP contribution in [0.1, 0.15) is 12.8 Å². The Balaban J connectivity index is 2.24. The van der Waals surface area contributed by atoms with Gasteiger partial charge >= 0.3 is 0 Å². The lowest BCUT2D eigenvalue weighted by Crippen LogP contribution is -2.48. The Morgan fingerprint density at radius 2 is 1.73 bits per heavy atom. The van der Waals surface area contributed by atoms with Crippen LogP contribution >= 0.6 is 12.6 Å². The van der Waals surface area contributed by atoms with Crippen molar-refractivity contribution in [2.45, 2.75) is 12.8 Å². The molecule has 90 valence electrons. The molecular weight excluding hydrogens is 232 g/mol. The van der Waals surface area contributed by atoms with Crippen molar-refractivity contribution in [1.29, 1.82) is 0 Å². The minimum Gasteiger partial charge on any atom is -0.301 e. The lowest BCUT2D eigenvalue weighted by molar-refractivity contribution is 0.187. The van der Waals surface area contributed by atoms with E-state index >= 15 is 0 Å². The van der Waals surface area contributed by atoms with Crippen LogP contribution < -0.4 is 0 Å². The van der Waals surface area contributed by atoms with E-state index in [9.17, 15) is 8.42 Å². The third-order valence-corrected chi connectivity index (χ3v) is 4.30. The van der Waals surface area contributed by atoms with Crippen LogP contribution in [0.25, 0.3) is 0 Å². The maximum absolute atomic E-state index is 11.3. The fourth-order valence-electron chi connectivity index (χ4n) is 1.73. The summed E-state index contributed by atoms with van der Waals surface area (Å²) in [5.74, 6) is 0.934.